The van der Waals surface area contributed by atoms with Gasteiger partial charge in [0.05, 0.1) is 13.1 Å². The van der Waals surface area contributed by atoms with E-state index < -0.39 is 12.0 Å². The first-order chi connectivity index (χ1) is 14.7. The Labute approximate surface area is 176 Å². The number of para-hydroxylation sites is 2. The van der Waals surface area contributed by atoms with Gasteiger partial charge in [0.1, 0.15) is 6.61 Å². The highest BCUT2D eigenvalue weighted by atomic mass is 16.6. The highest BCUT2D eigenvalue weighted by Crippen LogP contribution is 2.30. The summed E-state index contributed by atoms with van der Waals surface area (Å²) in [6.07, 6.45) is 2.53. The van der Waals surface area contributed by atoms with Crippen molar-refractivity contribution in [2.45, 2.75) is 25.4 Å². The molecule has 0 aromatic heterocycles. The van der Waals surface area contributed by atoms with Crippen LogP contribution in [0.15, 0.2) is 54.6 Å². The predicted molar refractivity (Wildman–Crippen MR) is 111 cm³/mol. The van der Waals surface area contributed by atoms with Gasteiger partial charge in [0.2, 0.25) is 6.10 Å². The van der Waals surface area contributed by atoms with Gasteiger partial charge >= 0.3 is 0 Å². The Bertz CT molecular complexity index is 866. The highest BCUT2D eigenvalue weighted by molar-refractivity contribution is 5.85. The van der Waals surface area contributed by atoms with Crippen molar-refractivity contribution in [3.63, 3.8) is 0 Å². The summed E-state index contributed by atoms with van der Waals surface area (Å²) in [7, 11) is 0. The number of benzene rings is 2. The number of hydrazine groups is 1. The fourth-order valence-corrected chi connectivity index (χ4v) is 4.05. The Hall–Kier alpha value is -3.06. The van der Waals surface area contributed by atoms with Crippen LogP contribution < -0.4 is 25.2 Å². The Balaban J connectivity index is 1.16. The number of carbonyl (C=O) groups excluding carboxylic acids is 2. The van der Waals surface area contributed by atoms with Crippen LogP contribution in [0.25, 0.3) is 0 Å². The lowest BCUT2D eigenvalue weighted by atomic mass is 9.90. The first-order valence-electron chi connectivity index (χ1n) is 10.5. The summed E-state index contributed by atoms with van der Waals surface area (Å²) < 4.78 is 11.2. The van der Waals surface area contributed by atoms with Crippen LogP contribution in [0.5, 0.6) is 11.5 Å². The molecule has 7 nitrogen and oxygen atoms in total. The molecular weight excluding hydrogens is 382 g/mol. The summed E-state index contributed by atoms with van der Waals surface area (Å²) >= 11 is 0. The molecular formula is C23H28N3O4+. The van der Waals surface area contributed by atoms with Crippen molar-refractivity contribution in [1.82, 2.24) is 10.9 Å². The van der Waals surface area contributed by atoms with E-state index in [9.17, 15) is 9.59 Å². The normalized spacial score (nSPS) is 22.7. The minimum absolute atomic E-state index is 0.110. The van der Waals surface area contributed by atoms with Crippen molar-refractivity contribution in [1.29, 1.82) is 0 Å². The molecule has 0 saturated carbocycles. The van der Waals surface area contributed by atoms with Gasteiger partial charge in [-0.15, -0.1) is 0 Å². The van der Waals surface area contributed by atoms with Crippen molar-refractivity contribution in [2.75, 3.05) is 26.2 Å². The minimum Gasteiger partial charge on any atom is -0.485 e. The zero-order valence-corrected chi connectivity index (χ0v) is 16.9. The Kier molecular flexibility index (Phi) is 6.49. The van der Waals surface area contributed by atoms with E-state index in [2.05, 4.69) is 35.1 Å². The van der Waals surface area contributed by atoms with Crippen molar-refractivity contribution in [3.05, 3.63) is 60.2 Å². The molecule has 7 heteroatoms. The second-order valence-electron chi connectivity index (χ2n) is 7.96. The fourth-order valence-electron chi connectivity index (χ4n) is 4.05. The largest absolute Gasteiger partial charge is 0.485 e. The van der Waals surface area contributed by atoms with Crippen LogP contribution in [0.4, 0.5) is 0 Å². The van der Waals surface area contributed by atoms with E-state index in [1.165, 1.54) is 10.5 Å². The van der Waals surface area contributed by atoms with Crippen LogP contribution >= 0.6 is 0 Å². The molecule has 1 saturated heterocycles. The SMILES string of the molecule is O=C(C[NH+]1CCC(Cc2ccccc2)CC1)NNC(=O)[C@@H]1COc2ccccc2O1. The van der Waals surface area contributed by atoms with E-state index in [0.717, 1.165) is 32.4 Å². The molecule has 0 aliphatic carbocycles. The van der Waals surface area contributed by atoms with Gasteiger partial charge in [0, 0.05) is 0 Å². The van der Waals surface area contributed by atoms with Crippen molar-refractivity contribution in [3.8, 4) is 11.5 Å². The zero-order valence-electron chi connectivity index (χ0n) is 16.9. The molecule has 3 N–H and O–H groups in total. The summed E-state index contributed by atoms with van der Waals surface area (Å²) in [5.74, 6) is 1.19. The van der Waals surface area contributed by atoms with Crippen LogP contribution in [0, 0.1) is 5.92 Å². The molecule has 30 heavy (non-hydrogen) atoms. The summed E-state index contributed by atoms with van der Waals surface area (Å²) in [5, 5.41) is 0. The summed E-state index contributed by atoms with van der Waals surface area (Å²) in [6.45, 7) is 2.40. The van der Waals surface area contributed by atoms with Gasteiger partial charge in [-0.1, -0.05) is 42.5 Å². The first kappa shape index (κ1) is 20.2. The molecule has 2 aliphatic heterocycles. The van der Waals surface area contributed by atoms with Crippen LogP contribution in [-0.4, -0.2) is 44.2 Å². The first-order valence-corrected chi connectivity index (χ1v) is 10.5. The van der Waals surface area contributed by atoms with Crippen LogP contribution in [-0.2, 0) is 16.0 Å². The van der Waals surface area contributed by atoms with Crippen molar-refractivity contribution in [2.24, 2.45) is 5.92 Å². The van der Waals surface area contributed by atoms with Crippen molar-refractivity contribution < 1.29 is 24.0 Å². The number of nitrogens with one attached hydrogen (secondary N) is 3. The molecule has 4 rings (SSSR count). The van der Waals surface area contributed by atoms with E-state index in [1.54, 1.807) is 12.1 Å². The molecule has 2 aliphatic rings. The number of carbonyl (C=O) groups is 2. The fraction of sp³-hybridized carbons (Fsp3) is 0.391. The standard InChI is InChI=1S/C23H27N3O4/c27-22(15-26-12-10-18(11-13-26)14-17-6-2-1-3-7-17)24-25-23(28)21-16-29-19-8-4-5-9-20(19)30-21/h1-9,18,21H,10-16H2,(H,24,27)(H,25,28)/p+1/t21-/m0/s1. The molecule has 0 unspecified atom stereocenters. The van der Waals surface area contributed by atoms with Gasteiger partial charge < -0.3 is 14.4 Å². The lowest BCUT2D eigenvalue weighted by molar-refractivity contribution is -0.898. The van der Waals surface area contributed by atoms with Crippen LogP contribution in [0.2, 0.25) is 0 Å². The number of piperidine rings is 1. The summed E-state index contributed by atoms with van der Waals surface area (Å²) in [6, 6.07) is 17.8. The number of hydrogen-bond acceptors (Lipinski definition) is 4. The maximum atomic E-state index is 12.3. The number of fused-ring (bicyclic) bond motifs is 1. The number of rotatable bonds is 5. The Morgan fingerprint density at radius 1 is 0.933 bits per heavy atom. The van der Waals surface area contributed by atoms with Gasteiger partial charge in [0.25, 0.3) is 11.8 Å². The highest BCUT2D eigenvalue weighted by Gasteiger charge is 2.28. The molecule has 2 heterocycles. The van der Waals surface area contributed by atoms with Gasteiger partial charge in [-0.3, -0.25) is 20.4 Å². The zero-order chi connectivity index (χ0) is 20.8. The summed E-state index contributed by atoms with van der Waals surface area (Å²) in [4.78, 5) is 25.8. The molecule has 1 fully saturated rings. The third kappa shape index (κ3) is 5.30. The lowest BCUT2D eigenvalue weighted by Gasteiger charge is -2.29. The molecule has 2 amide bonds. The van der Waals surface area contributed by atoms with Crippen LogP contribution in [0.1, 0.15) is 18.4 Å². The predicted octanol–water partition coefficient (Wildman–Crippen LogP) is 0.511. The molecule has 2 aromatic carbocycles. The van der Waals surface area contributed by atoms with E-state index in [-0.39, 0.29) is 12.5 Å². The second kappa shape index (κ2) is 9.63. The summed E-state index contributed by atoms with van der Waals surface area (Å²) in [5.41, 5.74) is 6.34. The minimum atomic E-state index is -0.790. The molecule has 0 radical (unpaired) electrons. The topological polar surface area (TPSA) is 81.1 Å². The van der Waals surface area contributed by atoms with E-state index >= 15 is 0 Å². The lowest BCUT2D eigenvalue weighted by Crippen LogP contribution is -3.14. The smallest absolute Gasteiger partial charge is 0.293 e. The number of quaternary nitrogens is 1. The average molecular weight is 410 g/mol. The van der Waals surface area contributed by atoms with Gasteiger partial charge in [-0.2, -0.15) is 0 Å². The maximum Gasteiger partial charge on any atom is 0.293 e. The van der Waals surface area contributed by atoms with E-state index in [1.807, 2.05) is 18.2 Å². The number of likely N-dealkylation sites (tertiary alicyclic amines) is 1. The van der Waals surface area contributed by atoms with E-state index in [0.29, 0.717) is 24.0 Å². The van der Waals surface area contributed by atoms with Gasteiger partial charge in [0.15, 0.2) is 18.0 Å². The average Bonchev–Trinajstić information content (AvgIpc) is 2.79. The number of hydrogen-bond donors (Lipinski definition) is 3. The Morgan fingerprint density at radius 2 is 1.63 bits per heavy atom. The molecule has 1 atom stereocenters. The Morgan fingerprint density at radius 3 is 2.40 bits per heavy atom. The molecule has 2 aromatic rings. The third-order valence-corrected chi connectivity index (χ3v) is 5.72. The number of amides is 2. The molecule has 0 spiro atoms. The maximum absolute atomic E-state index is 12.3. The number of ether oxygens (including phenoxy) is 2. The molecule has 158 valence electrons. The van der Waals surface area contributed by atoms with E-state index in [4.69, 9.17) is 9.47 Å². The van der Waals surface area contributed by atoms with Crippen LogP contribution in [0.3, 0.4) is 0 Å². The third-order valence-electron chi connectivity index (χ3n) is 5.72. The van der Waals surface area contributed by atoms with Gasteiger partial charge in [-0.25, -0.2) is 0 Å². The second-order valence-corrected chi connectivity index (χ2v) is 7.96. The van der Waals surface area contributed by atoms with Gasteiger partial charge in [-0.05, 0) is 42.9 Å². The monoisotopic (exact) mass is 410 g/mol. The molecule has 0 bridgehead atoms. The van der Waals surface area contributed by atoms with Crippen molar-refractivity contribution >= 4 is 11.8 Å². The quantitative estimate of drug-likeness (QED) is 0.628.